The molecule has 0 saturated carbocycles. The van der Waals surface area contributed by atoms with Crippen LogP contribution in [-0.2, 0) is 9.53 Å². The number of carbonyl (C=O) groups is 2. The molecule has 2 aromatic carbocycles. The van der Waals surface area contributed by atoms with Crippen LogP contribution in [0.1, 0.15) is 62.4 Å². The van der Waals surface area contributed by atoms with Crippen molar-refractivity contribution >= 4 is 17.6 Å². The van der Waals surface area contributed by atoms with Gasteiger partial charge in [0.25, 0.3) is 5.91 Å². The van der Waals surface area contributed by atoms with Gasteiger partial charge in [0, 0.05) is 36.0 Å². The van der Waals surface area contributed by atoms with Gasteiger partial charge in [-0.05, 0) is 54.7 Å². The molecule has 4 rings (SSSR count). The first-order valence-corrected chi connectivity index (χ1v) is 12.2. The Morgan fingerprint density at radius 2 is 1.89 bits per heavy atom. The average Bonchev–Trinajstić information content (AvgIpc) is 3.16. The highest BCUT2D eigenvalue weighted by molar-refractivity contribution is 5.97. The van der Waals surface area contributed by atoms with Crippen molar-refractivity contribution in [2.75, 3.05) is 25.1 Å². The van der Waals surface area contributed by atoms with E-state index in [0.717, 1.165) is 29.8 Å². The number of fused-ring (bicyclic) bond motifs is 3. The van der Waals surface area contributed by atoms with Crippen molar-refractivity contribution in [3.8, 4) is 5.75 Å². The van der Waals surface area contributed by atoms with E-state index in [4.69, 9.17) is 9.47 Å². The van der Waals surface area contributed by atoms with Gasteiger partial charge in [-0.15, -0.1) is 0 Å². The largest absolute Gasteiger partial charge is 0.494 e. The molecule has 2 heterocycles. The topological polar surface area (TPSA) is 67.9 Å². The molecule has 0 aliphatic carbocycles. The summed E-state index contributed by atoms with van der Waals surface area (Å²) in [4.78, 5) is 28.0. The Morgan fingerprint density at radius 1 is 1.14 bits per heavy atom. The minimum Gasteiger partial charge on any atom is -0.494 e. The summed E-state index contributed by atoms with van der Waals surface area (Å²) in [5, 5.41) is 3.52. The molecule has 0 spiro atoms. The van der Waals surface area contributed by atoms with Crippen LogP contribution in [-0.4, -0.2) is 42.6 Å². The highest BCUT2D eigenvalue weighted by atomic mass is 19.1. The molecule has 0 fully saturated rings. The van der Waals surface area contributed by atoms with E-state index in [-0.39, 0.29) is 24.5 Å². The molecule has 1 amide bonds. The predicted octanol–water partition coefficient (Wildman–Crippen LogP) is 5.51. The normalized spacial score (nSPS) is 20.1. The number of amides is 1. The van der Waals surface area contributed by atoms with Gasteiger partial charge in [0.2, 0.25) is 0 Å². The van der Waals surface area contributed by atoms with Crippen LogP contribution in [0.5, 0.6) is 5.75 Å². The van der Waals surface area contributed by atoms with Gasteiger partial charge in [-0.2, -0.15) is 0 Å². The summed E-state index contributed by atoms with van der Waals surface area (Å²) in [6, 6.07) is 11.1. The monoisotopic (exact) mass is 480 g/mol. The van der Waals surface area contributed by atoms with Crippen LogP contribution in [0, 0.1) is 11.2 Å². The van der Waals surface area contributed by atoms with Gasteiger partial charge in [0.05, 0.1) is 24.8 Å². The molecule has 35 heavy (non-hydrogen) atoms. The smallest absolute Gasteiger partial charge is 0.337 e. The van der Waals surface area contributed by atoms with E-state index in [1.807, 2.05) is 12.1 Å². The maximum atomic E-state index is 13.4. The van der Waals surface area contributed by atoms with Crippen LogP contribution in [0.25, 0.3) is 0 Å². The first-order valence-electron chi connectivity index (χ1n) is 12.2. The van der Waals surface area contributed by atoms with Crippen molar-refractivity contribution in [2.24, 2.45) is 5.41 Å². The number of hydrogen-bond donors (Lipinski definition) is 1. The SMILES string of the molecule is CCCCOc1ccc2c(c1)NC1C(C(=O)OCC)=CN(C(=O)c3ccc(F)cc3)CC(C)(C)C21. The van der Waals surface area contributed by atoms with Gasteiger partial charge in [0.15, 0.2) is 0 Å². The molecule has 0 bridgehead atoms. The fraction of sp³-hybridized carbons (Fsp3) is 0.429. The van der Waals surface area contributed by atoms with E-state index < -0.39 is 17.2 Å². The minimum atomic E-state index is -0.461. The average molecular weight is 481 g/mol. The van der Waals surface area contributed by atoms with Gasteiger partial charge < -0.3 is 19.7 Å². The summed E-state index contributed by atoms with van der Waals surface area (Å²) in [6.07, 6.45) is 3.65. The second-order valence-corrected chi connectivity index (χ2v) is 9.78. The van der Waals surface area contributed by atoms with Crippen molar-refractivity contribution in [1.29, 1.82) is 0 Å². The zero-order valence-electron chi connectivity index (χ0n) is 20.8. The number of hydrogen-bond acceptors (Lipinski definition) is 5. The minimum absolute atomic E-state index is 0.0798. The Balaban J connectivity index is 1.72. The number of esters is 1. The molecule has 1 N–H and O–H groups in total. The van der Waals surface area contributed by atoms with Crippen LogP contribution in [0.4, 0.5) is 10.1 Å². The molecule has 186 valence electrons. The number of benzene rings is 2. The third kappa shape index (κ3) is 5.04. The summed E-state index contributed by atoms with van der Waals surface area (Å²) >= 11 is 0. The molecule has 0 aromatic heterocycles. The Labute approximate surface area is 206 Å². The van der Waals surface area contributed by atoms with E-state index in [1.54, 1.807) is 18.0 Å². The number of nitrogens with zero attached hydrogens (tertiary/aromatic N) is 1. The standard InChI is InChI=1S/C28H33FN2O4/c1-5-7-14-35-20-12-13-21-23(15-20)30-25-22(27(33)34-6-2)16-31(17-28(3,4)24(21)25)26(32)18-8-10-19(29)11-9-18/h8-13,15-16,24-25,30H,5-7,14,17H2,1-4H3. The molecular weight excluding hydrogens is 447 g/mol. The number of unbranched alkanes of at least 4 members (excludes halogenated alkanes) is 1. The van der Waals surface area contributed by atoms with Crippen molar-refractivity contribution in [3.05, 3.63) is 71.2 Å². The van der Waals surface area contributed by atoms with E-state index >= 15 is 0 Å². The van der Waals surface area contributed by atoms with Crippen LogP contribution < -0.4 is 10.1 Å². The van der Waals surface area contributed by atoms with Crippen LogP contribution in [0.3, 0.4) is 0 Å². The molecule has 2 aliphatic rings. The van der Waals surface area contributed by atoms with E-state index in [0.29, 0.717) is 24.3 Å². The number of carbonyl (C=O) groups excluding carboxylic acids is 2. The highest BCUT2D eigenvalue weighted by Crippen LogP contribution is 2.51. The highest BCUT2D eigenvalue weighted by Gasteiger charge is 2.49. The van der Waals surface area contributed by atoms with Gasteiger partial charge in [-0.25, -0.2) is 9.18 Å². The van der Waals surface area contributed by atoms with E-state index in [2.05, 4.69) is 32.2 Å². The van der Waals surface area contributed by atoms with Gasteiger partial charge >= 0.3 is 5.97 Å². The zero-order valence-corrected chi connectivity index (χ0v) is 20.8. The lowest BCUT2D eigenvalue weighted by Crippen LogP contribution is -2.39. The lowest BCUT2D eigenvalue weighted by Gasteiger charge is -2.36. The predicted molar refractivity (Wildman–Crippen MR) is 133 cm³/mol. The molecule has 6 nitrogen and oxygen atoms in total. The molecular formula is C28H33FN2O4. The van der Waals surface area contributed by atoms with Crippen molar-refractivity contribution in [2.45, 2.75) is 52.5 Å². The molecule has 2 unspecified atom stereocenters. The molecule has 2 atom stereocenters. The molecule has 2 aliphatic heterocycles. The maximum Gasteiger partial charge on any atom is 0.337 e. The number of ether oxygens (including phenoxy) is 2. The van der Waals surface area contributed by atoms with E-state index in [1.165, 1.54) is 24.3 Å². The Kier molecular flexibility index (Phi) is 7.15. The quantitative estimate of drug-likeness (QED) is 0.418. The Morgan fingerprint density at radius 3 is 2.57 bits per heavy atom. The second kappa shape index (κ2) is 10.1. The third-order valence-electron chi connectivity index (χ3n) is 6.68. The van der Waals surface area contributed by atoms with Gasteiger partial charge in [-0.3, -0.25) is 4.79 Å². The van der Waals surface area contributed by atoms with Crippen LogP contribution in [0.2, 0.25) is 0 Å². The summed E-state index contributed by atoms with van der Waals surface area (Å²) in [5.41, 5.74) is 2.36. The van der Waals surface area contributed by atoms with Crippen molar-refractivity contribution < 1.29 is 23.5 Å². The summed E-state index contributed by atoms with van der Waals surface area (Å²) < 4.78 is 24.7. The number of anilines is 1. The first-order chi connectivity index (χ1) is 16.7. The fourth-order valence-corrected chi connectivity index (χ4v) is 5.03. The van der Waals surface area contributed by atoms with Crippen molar-refractivity contribution in [3.63, 3.8) is 0 Å². The van der Waals surface area contributed by atoms with Gasteiger partial charge in [0.1, 0.15) is 11.6 Å². The molecule has 0 saturated heterocycles. The second-order valence-electron chi connectivity index (χ2n) is 9.78. The molecule has 2 aromatic rings. The molecule has 0 radical (unpaired) electrons. The third-order valence-corrected chi connectivity index (χ3v) is 6.68. The van der Waals surface area contributed by atoms with Crippen molar-refractivity contribution in [1.82, 2.24) is 4.90 Å². The van der Waals surface area contributed by atoms with E-state index in [9.17, 15) is 14.0 Å². The molecule has 7 heteroatoms. The maximum absolute atomic E-state index is 13.4. The number of nitrogens with one attached hydrogen (secondary N) is 1. The lowest BCUT2D eigenvalue weighted by molar-refractivity contribution is -0.138. The first kappa shape index (κ1) is 24.8. The zero-order chi connectivity index (χ0) is 25.2. The van der Waals surface area contributed by atoms with Crippen LogP contribution >= 0.6 is 0 Å². The van der Waals surface area contributed by atoms with Crippen LogP contribution in [0.15, 0.2) is 54.2 Å². The summed E-state index contributed by atoms with van der Waals surface area (Å²) in [5.74, 6) is -0.455. The summed E-state index contributed by atoms with van der Waals surface area (Å²) in [7, 11) is 0. The van der Waals surface area contributed by atoms with Gasteiger partial charge in [-0.1, -0.05) is 33.3 Å². The number of halogens is 1. The Hall–Kier alpha value is -3.35. The summed E-state index contributed by atoms with van der Waals surface area (Å²) in [6.45, 7) is 9.34. The fourth-order valence-electron chi connectivity index (χ4n) is 5.03. The Bertz CT molecular complexity index is 1130. The lowest BCUT2D eigenvalue weighted by atomic mass is 9.71. The number of rotatable bonds is 7.